The van der Waals surface area contributed by atoms with Gasteiger partial charge in [-0.25, -0.2) is 13.2 Å². The lowest BCUT2D eigenvalue weighted by atomic mass is 9.84. The van der Waals surface area contributed by atoms with Crippen molar-refractivity contribution in [1.82, 2.24) is 10.2 Å². The van der Waals surface area contributed by atoms with Gasteiger partial charge in [-0.1, -0.05) is 88.1 Å². The molecular formula is C39H52N2O6S. The Morgan fingerprint density at radius 1 is 0.938 bits per heavy atom. The fraction of sp³-hybridized carbons (Fsp3) is 0.487. The van der Waals surface area contributed by atoms with Crippen LogP contribution in [0.15, 0.2) is 72.8 Å². The molecule has 1 amide bonds. The summed E-state index contributed by atoms with van der Waals surface area (Å²) in [6, 6.07) is 23.1. The largest absolute Gasteiger partial charge is 0.492 e. The quantitative estimate of drug-likeness (QED) is 0.164. The summed E-state index contributed by atoms with van der Waals surface area (Å²) >= 11 is 0. The number of hydrogen-bond acceptors (Lipinski definition) is 6. The smallest absolute Gasteiger partial charge is 0.326 e. The van der Waals surface area contributed by atoms with E-state index in [-0.39, 0.29) is 25.6 Å². The monoisotopic (exact) mass is 676 g/mol. The van der Waals surface area contributed by atoms with Crippen LogP contribution in [0.25, 0.3) is 11.1 Å². The first-order valence-corrected chi connectivity index (χ1v) is 19.0. The first-order chi connectivity index (χ1) is 22.6. The van der Waals surface area contributed by atoms with E-state index in [1.54, 1.807) is 6.07 Å². The predicted octanol–water partition coefficient (Wildman–Crippen LogP) is 7.30. The molecule has 3 aromatic carbocycles. The topological polar surface area (TPSA) is 113 Å². The van der Waals surface area contributed by atoms with Gasteiger partial charge in [0.15, 0.2) is 0 Å². The van der Waals surface area contributed by atoms with Crippen molar-refractivity contribution in [1.29, 1.82) is 0 Å². The Morgan fingerprint density at radius 2 is 1.62 bits per heavy atom. The van der Waals surface area contributed by atoms with Crippen LogP contribution >= 0.6 is 0 Å². The van der Waals surface area contributed by atoms with Gasteiger partial charge < -0.3 is 15.2 Å². The van der Waals surface area contributed by atoms with E-state index in [4.69, 9.17) is 4.74 Å². The number of para-hydroxylation sites is 1. The summed E-state index contributed by atoms with van der Waals surface area (Å²) in [5, 5.41) is 12.3. The van der Waals surface area contributed by atoms with Crippen molar-refractivity contribution in [3.8, 4) is 16.9 Å². The Kier molecular flexibility index (Phi) is 13.2. The second kappa shape index (κ2) is 17.1. The number of sulfone groups is 1. The summed E-state index contributed by atoms with van der Waals surface area (Å²) in [6.07, 6.45) is 10.7. The van der Waals surface area contributed by atoms with Crippen molar-refractivity contribution >= 4 is 21.7 Å². The molecule has 0 radical (unpaired) electrons. The minimum Gasteiger partial charge on any atom is -0.492 e. The molecule has 0 aliphatic heterocycles. The number of rotatable bonds is 16. The molecule has 2 aliphatic rings. The summed E-state index contributed by atoms with van der Waals surface area (Å²) in [7, 11) is -3.39. The molecule has 0 unspecified atom stereocenters. The molecule has 2 N–H and O–H groups in total. The first-order valence-electron chi connectivity index (χ1n) is 16.9. The third-order valence-corrected chi connectivity index (χ3v) is 10.5. The Hall–Kier alpha value is -3.69. The fourth-order valence-electron chi connectivity index (χ4n) is 6.80. The van der Waals surface area contributed by atoms with Crippen LogP contribution in [0, 0.1) is 12.8 Å². The average Bonchev–Trinajstić information content (AvgIpc) is 3.90. The zero-order valence-corrected chi connectivity index (χ0v) is 28.4. The molecule has 0 aromatic heterocycles. The summed E-state index contributed by atoms with van der Waals surface area (Å²) in [5.41, 5.74) is 4.05. The Balaban J connectivity index is 0.00000520. The van der Waals surface area contributed by atoms with Gasteiger partial charge >= 0.3 is 5.97 Å². The maximum Gasteiger partial charge on any atom is 0.326 e. The van der Waals surface area contributed by atoms with Crippen molar-refractivity contribution in [3.63, 3.8) is 0 Å². The second-order valence-electron chi connectivity index (χ2n) is 13.4. The van der Waals surface area contributed by atoms with Crippen molar-refractivity contribution in [2.75, 3.05) is 18.6 Å². The number of nitrogens with one attached hydrogen (secondary N) is 1. The zero-order valence-electron chi connectivity index (χ0n) is 27.6. The number of nitrogens with zero attached hydrogens (tertiary/aromatic N) is 1. The molecule has 9 heteroatoms. The van der Waals surface area contributed by atoms with E-state index in [9.17, 15) is 23.1 Å². The number of carbonyl (C=O) groups is 2. The van der Waals surface area contributed by atoms with Crippen molar-refractivity contribution in [2.45, 2.75) is 96.8 Å². The number of hydrogen-bond donors (Lipinski definition) is 2. The maximum absolute atomic E-state index is 13.6. The highest BCUT2D eigenvalue weighted by molar-refractivity contribution is 7.90. The number of carboxylic acid groups (broad SMARTS) is 1. The molecule has 2 atom stereocenters. The first kappa shape index (κ1) is 37.1. The highest BCUT2D eigenvalue weighted by Gasteiger charge is 2.36. The standard InChI is InChI=1S/C38H48N2O6S.CH4/c1-27-11-9-10-16-33(27)35-24-29(17-20-34(35)37(41)39-36(38(42)43)21-22-47(2,44)45)25-40(30-18-19-30)31(23-28-12-5-3-6-13-28)26-46-32-14-7-4-8-15-32;/h4,7-11,14-17,20,24,28,30-31,36H,3,5-6,12-13,18-19,21-23,25-26H2,1-2H3,(H,39,41)(H,42,43);1H4/t31-,36+;/m1./s1. The third-order valence-electron chi connectivity index (χ3n) is 9.51. The number of aliphatic carboxylic acids is 1. The van der Waals surface area contributed by atoms with Gasteiger partial charge in [0.1, 0.15) is 28.2 Å². The molecular weight excluding hydrogens is 625 g/mol. The van der Waals surface area contributed by atoms with E-state index in [0.29, 0.717) is 30.7 Å². The number of carbonyl (C=O) groups excluding carboxylic acids is 1. The van der Waals surface area contributed by atoms with Crippen molar-refractivity contribution in [2.24, 2.45) is 5.92 Å². The van der Waals surface area contributed by atoms with Gasteiger partial charge in [0.25, 0.3) is 5.91 Å². The van der Waals surface area contributed by atoms with Gasteiger partial charge in [0.2, 0.25) is 0 Å². The van der Waals surface area contributed by atoms with Crippen LogP contribution in [-0.2, 0) is 21.2 Å². The van der Waals surface area contributed by atoms with Crippen LogP contribution in [0.2, 0.25) is 0 Å². The lowest BCUT2D eigenvalue weighted by Gasteiger charge is -2.35. The molecule has 260 valence electrons. The van der Waals surface area contributed by atoms with Crippen molar-refractivity contribution < 1.29 is 27.9 Å². The van der Waals surface area contributed by atoms with E-state index in [1.165, 1.54) is 32.1 Å². The number of ether oxygens (including phenoxy) is 1. The third kappa shape index (κ3) is 10.7. The normalized spacial score (nSPS) is 16.5. The molecule has 2 fully saturated rings. The average molecular weight is 677 g/mol. The fourth-order valence-corrected chi connectivity index (χ4v) is 7.46. The lowest BCUT2D eigenvalue weighted by molar-refractivity contribution is -0.139. The molecule has 2 saturated carbocycles. The summed E-state index contributed by atoms with van der Waals surface area (Å²) in [6.45, 7) is 3.33. The van der Waals surface area contributed by atoms with Gasteiger partial charge in [0.05, 0.1) is 5.75 Å². The van der Waals surface area contributed by atoms with E-state index in [0.717, 1.165) is 53.5 Å². The van der Waals surface area contributed by atoms with Gasteiger partial charge in [-0.05, 0) is 85.0 Å². The number of aryl methyl sites for hydroxylation is 1. The minimum atomic E-state index is -3.39. The second-order valence-corrected chi connectivity index (χ2v) is 15.7. The molecule has 8 nitrogen and oxygen atoms in total. The molecule has 3 aromatic rings. The summed E-state index contributed by atoms with van der Waals surface area (Å²) in [4.78, 5) is 28.2. The van der Waals surface area contributed by atoms with E-state index < -0.39 is 27.8 Å². The lowest BCUT2D eigenvalue weighted by Crippen LogP contribution is -2.42. The van der Waals surface area contributed by atoms with Crippen LogP contribution in [-0.4, -0.2) is 67.0 Å². The van der Waals surface area contributed by atoms with Crippen LogP contribution < -0.4 is 10.1 Å². The molecule has 48 heavy (non-hydrogen) atoms. The van der Waals surface area contributed by atoms with E-state index >= 15 is 0 Å². The molecule has 2 aliphatic carbocycles. The maximum atomic E-state index is 13.6. The summed E-state index contributed by atoms with van der Waals surface area (Å²) in [5.74, 6) is -0.571. The van der Waals surface area contributed by atoms with E-state index in [1.807, 2.05) is 67.6 Å². The van der Waals surface area contributed by atoms with Crippen molar-refractivity contribution in [3.05, 3.63) is 89.5 Å². The molecule has 0 bridgehead atoms. The zero-order chi connectivity index (χ0) is 33.4. The highest BCUT2D eigenvalue weighted by atomic mass is 32.2. The molecule has 5 rings (SSSR count). The van der Waals surface area contributed by atoms with Gasteiger partial charge in [-0.3, -0.25) is 9.69 Å². The van der Waals surface area contributed by atoms with Crippen LogP contribution in [0.1, 0.15) is 86.7 Å². The predicted molar refractivity (Wildman–Crippen MR) is 192 cm³/mol. The molecule has 0 saturated heterocycles. The minimum absolute atomic E-state index is 0. The molecule has 0 heterocycles. The van der Waals surface area contributed by atoms with Gasteiger partial charge in [0, 0.05) is 30.4 Å². The van der Waals surface area contributed by atoms with Gasteiger partial charge in [-0.2, -0.15) is 0 Å². The van der Waals surface area contributed by atoms with Crippen LogP contribution in [0.5, 0.6) is 5.75 Å². The Bertz CT molecular complexity index is 1620. The van der Waals surface area contributed by atoms with Gasteiger partial charge in [-0.15, -0.1) is 0 Å². The van der Waals surface area contributed by atoms with Crippen LogP contribution in [0.3, 0.4) is 0 Å². The van der Waals surface area contributed by atoms with Crippen LogP contribution in [0.4, 0.5) is 0 Å². The Labute approximate surface area is 286 Å². The number of amides is 1. The Morgan fingerprint density at radius 3 is 2.27 bits per heavy atom. The number of carboxylic acids is 1. The van der Waals surface area contributed by atoms with E-state index in [2.05, 4.69) is 16.3 Å². The highest BCUT2D eigenvalue weighted by Crippen LogP contribution is 2.36. The molecule has 0 spiro atoms. The summed E-state index contributed by atoms with van der Waals surface area (Å²) < 4.78 is 29.8. The SMILES string of the molecule is C.Cc1ccccc1-c1cc(CN(C2CC2)[C@@H](COc2ccccc2)CC2CCCCC2)ccc1C(=O)N[C@@H](CCS(C)(=O)=O)C(=O)O. The number of benzene rings is 3.